The third-order valence-electron chi connectivity index (χ3n) is 4.32. The Hall–Kier alpha value is -2.94. The molecule has 4 aromatic rings. The summed E-state index contributed by atoms with van der Waals surface area (Å²) in [5.74, 6) is 0.334. The minimum atomic E-state index is -0.395. The highest BCUT2D eigenvalue weighted by Gasteiger charge is 2.08. The SMILES string of the molecule is Cc1cc(=O)oc2cc(NC(=S)Nc3ncn(Cc4ccc(Cl)cc4Cl)n3)ccc12. The summed E-state index contributed by atoms with van der Waals surface area (Å²) in [4.78, 5) is 15.8. The number of rotatable bonds is 4. The van der Waals surface area contributed by atoms with Crippen molar-refractivity contribution < 1.29 is 4.42 Å². The molecule has 0 atom stereocenters. The summed E-state index contributed by atoms with van der Waals surface area (Å²) in [6, 6.07) is 12.2. The molecule has 0 spiro atoms. The van der Waals surface area contributed by atoms with Crippen molar-refractivity contribution in [3.63, 3.8) is 0 Å². The molecule has 4 rings (SSSR count). The maximum absolute atomic E-state index is 11.6. The molecule has 0 bridgehead atoms. The van der Waals surface area contributed by atoms with Crippen molar-refractivity contribution in [2.45, 2.75) is 13.5 Å². The number of aryl methyl sites for hydroxylation is 1. The molecule has 2 aromatic carbocycles. The number of halogens is 2. The monoisotopic (exact) mass is 459 g/mol. The molecule has 0 aliphatic carbocycles. The topological polar surface area (TPSA) is 85.0 Å². The first-order valence-electron chi connectivity index (χ1n) is 8.83. The van der Waals surface area contributed by atoms with Crippen LogP contribution in [-0.4, -0.2) is 19.9 Å². The van der Waals surface area contributed by atoms with Crippen LogP contribution in [0.4, 0.5) is 11.6 Å². The minimum Gasteiger partial charge on any atom is -0.423 e. The van der Waals surface area contributed by atoms with E-state index in [1.54, 1.807) is 29.2 Å². The Kier molecular flexibility index (Phi) is 5.72. The van der Waals surface area contributed by atoms with Crippen molar-refractivity contribution >= 4 is 63.1 Å². The Labute approximate surface area is 186 Å². The van der Waals surface area contributed by atoms with Gasteiger partial charge in [0.25, 0.3) is 0 Å². The average molecular weight is 460 g/mol. The van der Waals surface area contributed by atoms with Gasteiger partial charge in [0.05, 0.1) is 6.54 Å². The second-order valence-corrected chi connectivity index (χ2v) is 7.79. The van der Waals surface area contributed by atoms with Gasteiger partial charge in [-0.1, -0.05) is 29.3 Å². The molecule has 2 heterocycles. The molecule has 0 aliphatic heterocycles. The van der Waals surface area contributed by atoms with Crippen molar-refractivity contribution in [1.82, 2.24) is 14.8 Å². The van der Waals surface area contributed by atoms with Gasteiger partial charge in [0.2, 0.25) is 5.95 Å². The number of thiocarbonyl (C=S) groups is 1. The maximum Gasteiger partial charge on any atom is 0.336 e. The van der Waals surface area contributed by atoms with Gasteiger partial charge in [-0.3, -0.25) is 5.32 Å². The van der Waals surface area contributed by atoms with E-state index in [4.69, 9.17) is 39.8 Å². The van der Waals surface area contributed by atoms with Crippen molar-refractivity contribution in [2.24, 2.45) is 0 Å². The van der Waals surface area contributed by atoms with Gasteiger partial charge in [0, 0.05) is 33.3 Å². The van der Waals surface area contributed by atoms with Crippen molar-refractivity contribution in [2.75, 3.05) is 10.6 Å². The predicted octanol–water partition coefficient (Wildman–Crippen LogP) is 4.86. The smallest absolute Gasteiger partial charge is 0.336 e. The average Bonchev–Trinajstić information content (AvgIpc) is 3.10. The summed E-state index contributed by atoms with van der Waals surface area (Å²) in [5, 5.41) is 12.6. The largest absolute Gasteiger partial charge is 0.423 e. The molecule has 30 heavy (non-hydrogen) atoms. The van der Waals surface area contributed by atoms with E-state index in [1.807, 2.05) is 25.1 Å². The number of hydrogen-bond acceptors (Lipinski definition) is 5. The lowest BCUT2D eigenvalue weighted by molar-refractivity contribution is 0.560. The van der Waals surface area contributed by atoms with Crippen molar-refractivity contribution in [3.05, 3.63) is 80.4 Å². The van der Waals surface area contributed by atoms with E-state index in [1.165, 1.54) is 6.07 Å². The van der Waals surface area contributed by atoms with E-state index >= 15 is 0 Å². The van der Waals surface area contributed by atoms with Crippen molar-refractivity contribution in [1.29, 1.82) is 0 Å². The summed E-state index contributed by atoms with van der Waals surface area (Å²) < 4.78 is 6.89. The van der Waals surface area contributed by atoms with Crippen LogP contribution in [0.3, 0.4) is 0 Å². The molecule has 0 saturated heterocycles. The Morgan fingerprint density at radius 2 is 2.00 bits per heavy atom. The Bertz CT molecular complexity index is 1320. The molecule has 0 radical (unpaired) electrons. The third-order valence-corrected chi connectivity index (χ3v) is 5.11. The van der Waals surface area contributed by atoms with Gasteiger partial charge in [-0.25, -0.2) is 14.5 Å². The van der Waals surface area contributed by atoms with Crippen molar-refractivity contribution in [3.8, 4) is 0 Å². The summed E-state index contributed by atoms with van der Waals surface area (Å²) in [7, 11) is 0. The summed E-state index contributed by atoms with van der Waals surface area (Å²) >= 11 is 17.5. The first-order chi connectivity index (χ1) is 14.4. The number of aromatic nitrogens is 3. The van der Waals surface area contributed by atoms with Gasteiger partial charge in [-0.2, -0.15) is 0 Å². The summed E-state index contributed by atoms with van der Waals surface area (Å²) in [6.45, 7) is 2.30. The normalized spacial score (nSPS) is 10.9. The second-order valence-electron chi connectivity index (χ2n) is 6.54. The highest BCUT2D eigenvalue weighted by Crippen LogP contribution is 2.22. The van der Waals surface area contributed by atoms with Gasteiger partial charge in [0.15, 0.2) is 5.11 Å². The lowest BCUT2D eigenvalue weighted by atomic mass is 10.1. The van der Waals surface area contributed by atoms with E-state index in [2.05, 4.69) is 20.7 Å². The molecule has 0 fully saturated rings. The van der Waals surface area contributed by atoms with E-state index in [-0.39, 0.29) is 0 Å². The Morgan fingerprint density at radius 3 is 2.80 bits per heavy atom. The zero-order valence-electron chi connectivity index (χ0n) is 15.6. The lowest BCUT2D eigenvalue weighted by Gasteiger charge is -2.09. The van der Waals surface area contributed by atoms with Gasteiger partial charge in [-0.15, -0.1) is 5.10 Å². The van der Waals surface area contributed by atoms with Crippen LogP contribution in [0, 0.1) is 6.92 Å². The molecule has 152 valence electrons. The Balaban J connectivity index is 1.43. The van der Waals surface area contributed by atoms with E-state index < -0.39 is 5.63 Å². The molecule has 2 N–H and O–H groups in total. The van der Waals surface area contributed by atoms with Gasteiger partial charge < -0.3 is 9.73 Å². The first kappa shape index (κ1) is 20.3. The summed E-state index contributed by atoms with van der Waals surface area (Å²) in [5.41, 5.74) is 2.47. The standard InChI is InChI=1S/C20H15Cl2N5O2S/c1-11-6-18(28)29-17-8-14(4-5-15(11)17)24-20(30)25-19-23-10-27(26-19)9-12-2-3-13(21)7-16(12)22/h2-8,10H,9H2,1H3,(H2,24,25,26,30). The fourth-order valence-electron chi connectivity index (χ4n) is 2.92. The van der Waals surface area contributed by atoms with E-state index in [0.29, 0.717) is 38.9 Å². The van der Waals surface area contributed by atoms with E-state index in [0.717, 1.165) is 16.5 Å². The van der Waals surface area contributed by atoms with Gasteiger partial charge in [0.1, 0.15) is 11.9 Å². The van der Waals surface area contributed by atoms with Crippen LogP contribution in [-0.2, 0) is 6.54 Å². The maximum atomic E-state index is 11.6. The molecule has 10 heteroatoms. The molecule has 0 saturated carbocycles. The van der Waals surface area contributed by atoms with Crippen LogP contribution in [0.15, 0.2) is 58.0 Å². The fraction of sp³-hybridized carbons (Fsp3) is 0.100. The number of hydrogen-bond donors (Lipinski definition) is 2. The minimum absolute atomic E-state index is 0.298. The van der Waals surface area contributed by atoms with Crippen LogP contribution < -0.4 is 16.3 Å². The van der Waals surface area contributed by atoms with Crippen LogP contribution in [0.1, 0.15) is 11.1 Å². The van der Waals surface area contributed by atoms with Crippen LogP contribution in [0.25, 0.3) is 11.0 Å². The number of benzene rings is 2. The first-order valence-corrected chi connectivity index (χ1v) is 10.00. The highest BCUT2D eigenvalue weighted by atomic mass is 35.5. The molecule has 2 aromatic heterocycles. The zero-order chi connectivity index (χ0) is 21.3. The second kappa shape index (κ2) is 8.43. The van der Waals surface area contributed by atoms with Gasteiger partial charge >= 0.3 is 5.63 Å². The molecule has 7 nitrogen and oxygen atoms in total. The number of fused-ring (bicyclic) bond motifs is 1. The summed E-state index contributed by atoms with van der Waals surface area (Å²) in [6.07, 6.45) is 1.57. The number of anilines is 2. The predicted molar refractivity (Wildman–Crippen MR) is 123 cm³/mol. The highest BCUT2D eigenvalue weighted by molar-refractivity contribution is 7.80. The number of nitrogens with zero attached hydrogens (tertiary/aromatic N) is 3. The lowest BCUT2D eigenvalue weighted by Crippen LogP contribution is -2.20. The third kappa shape index (κ3) is 4.62. The molecular weight excluding hydrogens is 445 g/mol. The fourth-order valence-corrected chi connectivity index (χ4v) is 3.60. The molecule has 0 amide bonds. The van der Waals surface area contributed by atoms with Crippen LogP contribution in [0.5, 0.6) is 0 Å². The van der Waals surface area contributed by atoms with Gasteiger partial charge in [-0.05, 0) is 54.5 Å². The quantitative estimate of drug-likeness (QED) is 0.333. The number of nitrogens with one attached hydrogen (secondary N) is 2. The molecular formula is C20H15Cl2N5O2S. The van der Waals surface area contributed by atoms with E-state index in [9.17, 15) is 4.79 Å². The van der Waals surface area contributed by atoms with Crippen LogP contribution in [0.2, 0.25) is 10.0 Å². The molecule has 0 unspecified atom stereocenters. The molecule has 0 aliphatic rings. The van der Waals surface area contributed by atoms with Crippen LogP contribution >= 0.6 is 35.4 Å². The Morgan fingerprint density at radius 1 is 1.17 bits per heavy atom. The zero-order valence-corrected chi connectivity index (χ0v) is 18.0.